The summed E-state index contributed by atoms with van der Waals surface area (Å²) in [6.45, 7) is 6.82. The highest BCUT2D eigenvalue weighted by Gasteiger charge is 2.24. The number of aromatic nitrogens is 1. The number of rotatable bonds is 7. The van der Waals surface area contributed by atoms with Crippen LogP contribution in [0.25, 0.3) is 0 Å². The normalized spacial score (nSPS) is 14.1. The molecule has 0 radical (unpaired) electrons. The van der Waals surface area contributed by atoms with Gasteiger partial charge in [0.2, 0.25) is 0 Å². The van der Waals surface area contributed by atoms with Crippen LogP contribution in [0, 0.1) is 5.92 Å². The zero-order chi connectivity index (χ0) is 21.7. The monoisotopic (exact) mass is 466 g/mol. The number of carbonyl (C=O) groups is 2. The van der Waals surface area contributed by atoms with E-state index in [4.69, 9.17) is 11.6 Å². The maximum Gasteiger partial charge on any atom is 0.335 e. The van der Waals surface area contributed by atoms with Crippen LogP contribution in [0.2, 0.25) is 5.02 Å². The molecular formula is C22H28Cl2N4O3. The molecule has 1 aromatic heterocycles. The zero-order valence-corrected chi connectivity index (χ0v) is 19.2. The number of hydrogen-bond acceptors (Lipinski definition) is 5. The van der Waals surface area contributed by atoms with Gasteiger partial charge in [-0.3, -0.25) is 4.79 Å². The summed E-state index contributed by atoms with van der Waals surface area (Å²) in [5.74, 6) is -0.496. The minimum atomic E-state index is -1.02. The Balaban J connectivity index is 0.00000341. The van der Waals surface area contributed by atoms with E-state index >= 15 is 0 Å². The predicted octanol–water partition coefficient (Wildman–Crippen LogP) is 4.32. The second-order valence-corrected chi connectivity index (χ2v) is 8.23. The quantitative estimate of drug-likeness (QED) is 0.562. The van der Waals surface area contributed by atoms with E-state index in [2.05, 4.69) is 34.4 Å². The summed E-state index contributed by atoms with van der Waals surface area (Å²) in [7, 11) is 0. The summed E-state index contributed by atoms with van der Waals surface area (Å²) in [4.78, 5) is 30.9. The van der Waals surface area contributed by atoms with Crippen molar-refractivity contribution >= 4 is 47.4 Å². The van der Waals surface area contributed by atoms with E-state index < -0.39 is 5.97 Å². The molecule has 2 aromatic rings. The first-order chi connectivity index (χ1) is 14.3. The first-order valence-corrected chi connectivity index (χ1v) is 10.5. The number of halogens is 2. The lowest BCUT2D eigenvalue weighted by atomic mass is 9.96. The van der Waals surface area contributed by atoms with Gasteiger partial charge in [0.25, 0.3) is 5.91 Å². The van der Waals surface area contributed by atoms with Gasteiger partial charge in [0, 0.05) is 18.8 Å². The van der Waals surface area contributed by atoms with Crippen molar-refractivity contribution in [2.24, 2.45) is 5.92 Å². The largest absolute Gasteiger partial charge is 0.478 e. The average Bonchev–Trinajstić information content (AvgIpc) is 2.73. The molecule has 0 spiro atoms. The number of benzene rings is 1. The molecule has 2 heterocycles. The van der Waals surface area contributed by atoms with Crippen LogP contribution < -0.4 is 15.5 Å². The molecule has 1 fully saturated rings. The van der Waals surface area contributed by atoms with Gasteiger partial charge in [-0.25, -0.2) is 9.78 Å². The van der Waals surface area contributed by atoms with E-state index in [0.29, 0.717) is 28.0 Å². The Hall–Kier alpha value is -2.35. The first-order valence-electron chi connectivity index (χ1n) is 10.1. The van der Waals surface area contributed by atoms with E-state index in [-0.39, 0.29) is 29.9 Å². The van der Waals surface area contributed by atoms with Gasteiger partial charge in [0.15, 0.2) is 0 Å². The highest BCUT2D eigenvalue weighted by Crippen LogP contribution is 2.28. The Bertz CT molecular complexity index is 900. The summed E-state index contributed by atoms with van der Waals surface area (Å²) in [6.07, 6.45) is 3.57. The number of piperidine rings is 1. The number of carboxylic acid groups (broad SMARTS) is 1. The molecule has 1 aliphatic rings. The fraction of sp³-hybridized carbons (Fsp3) is 0.409. The third-order valence-corrected chi connectivity index (χ3v) is 5.53. The Kier molecular flexibility index (Phi) is 9.10. The van der Waals surface area contributed by atoms with E-state index in [0.717, 1.165) is 32.5 Å². The molecule has 1 saturated heterocycles. The molecular weight excluding hydrogens is 439 g/mol. The summed E-state index contributed by atoms with van der Waals surface area (Å²) < 4.78 is 0. The fourth-order valence-corrected chi connectivity index (χ4v) is 3.77. The molecule has 31 heavy (non-hydrogen) atoms. The number of anilines is 2. The number of pyridine rings is 1. The minimum absolute atomic E-state index is 0. The number of nitrogens with one attached hydrogen (secondary N) is 2. The summed E-state index contributed by atoms with van der Waals surface area (Å²) >= 11 is 5.86. The van der Waals surface area contributed by atoms with Gasteiger partial charge >= 0.3 is 5.97 Å². The van der Waals surface area contributed by atoms with Crippen LogP contribution in [-0.2, 0) is 0 Å². The van der Waals surface area contributed by atoms with Crippen LogP contribution in [0.4, 0.5) is 11.5 Å². The average molecular weight is 467 g/mol. The Morgan fingerprint density at radius 1 is 1.26 bits per heavy atom. The Labute approximate surface area is 193 Å². The topological polar surface area (TPSA) is 94.6 Å². The second kappa shape index (κ2) is 11.3. The summed E-state index contributed by atoms with van der Waals surface area (Å²) in [6, 6.07) is 8.00. The third kappa shape index (κ3) is 6.56. The van der Waals surface area contributed by atoms with Gasteiger partial charge in [-0.15, -0.1) is 12.4 Å². The van der Waals surface area contributed by atoms with Gasteiger partial charge < -0.3 is 20.6 Å². The molecule has 9 heteroatoms. The predicted molar refractivity (Wildman–Crippen MR) is 126 cm³/mol. The second-order valence-electron chi connectivity index (χ2n) is 7.79. The van der Waals surface area contributed by atoms with Gasteiger partial charge in [0.1, 0.15) is 5.82 Å². The summed E-state index contributed by atoms with van der Waals surface area (Å²) in [5, 5.41) is 16.1. The van der Waals surface area contributed by atoms with E-state index in [9.17, 15) is 14.7 Å². The molecule has 7 nitrogen and oxygen atoms in total. The van der Waals surface area contributed by atoms with Crippen molar-refractivity contribution in [2.45, 2.75) is 32.7 Å². The number of aromatic carboxylic acids is 1. The lowest BCUT2D eigenvalue weighted by Gasteiger charge is -2.35. The SMILES string of the molecule is CC(C)N(CC1CCNCC1)c1cc(C(=O)O)ccc1C(=O)Nc1ccc(Cl)cn1.Cl. The van der Waals surface area contributed by atoms with Crippen molar-refractivity contribution < 1.29 is 14.7 Å². The number of nitrogens with zero attached hydrogens (tertiary/aromatic N) is 2. The maximum absolute atomic E-state index is 13.1. The van der Waals surface area contributed by atoms with Crippen LogP contribution >= 0.6 is 24.0 Å². The first kappa shape index (κ1) is 24.9. The van der Waals surface area contributed by atoms with E-state index in [1.165, 1.54) is 12.3 Å². The lowest BCUT2D eigenvalue weighted by molar-refractivity contribution is 0.0696. The zero-order valence-electron chi connectivity index (χ0n) is 17.6. The van der Waals surface area contributed by atoms with Crippen molar-refractivity contribution in [3.63, 3.8) is 0 Å². The van der Waals surface area contributed by atoms with Crippen molar-refractivity contribution in [2.75, 3.05) is 29.9 Å². The van der Waals surface area contributed by atoms with Gasteiger partial charge in [0.05, 0.1) is 21.8 Å². The maximum atomic E-state index is 13.1. The number of hydrogen-bond donors (Lipinski definition) is 3. The van der Waals surface area contributed by atoms with E-state index in [1.54, 1.807) is 24.3 Å². The smallest absolute Gasteiger partial charge is 0.335 e. The molecule has 0 aliphatic carbocycles. The highest BCUT2D eigenvalue weighted by molar-refractivity contribution is 6.30. The number of amides is 1. The van der Waals surface area contributed by atoms with Crippen molar-refractivity contribution in [1.82, 2.24) is 10.3 Å². The fourth-order valence-electron chi connectivity index (χ4n) is 3.66. The molecule has 1 aliphatic heterocycles. The molecule has 0 saturated carbocycles. The van der Waals surface area contributed by atoms with Crippen LogP contribution in [0.3, 0.4) is 0 Å². The van der Waals surface area contributed by atoms with Gasteiger partial charge in [-0.1, -0.05) is 11.6 Å². The molecule has 0 unspecified atom stereocenters. The molecule has 3 N–H and O–H groups in total. The lowest BCUT2D eigenvalue weighted by Crippen LogP contribution is -2.40. The van der Waals surface area contributed by atoms with Gasteiger partial charge in [-0.2, -0.15) is 0 Å². The third-order valence-electron chi connectivity index (χ3n) is 5.30. The molecule has 0 atom stereocenters. The van der Waals surface area contributed by atoms with Crippen molar-refractivity contribution in [3.8, 4) is 0 Å². The van der Waals surface area contributed by atoms with Crippen LogP contribution in [0.1, 0.15) is 47.4 Å². The van der Waals surface area contributed by atoms with Crippen molar-refractivity contribution in [3.05, 3.63) is 52.7 Å². The molecule has 0 bridgehead atoms. The Morgan fingerprint density at radius 3 is 2.55 bits per heavy atom. The highest BCUT2D eigenvalue weighted by atomic mass is 35.5. The van der Waals surface area contributed by atoms with Crippen LogP contribution in [0.5, 0.6) is 0 Å². The molecule has 1 aromatic carbocycles. The number of carboxylic acids is 1. The van der Waals surface area contributed by atoms with Gasteiger partial charge in [-0.05, 0) is 76.0 Å². The summed E-state index contributed by atoms with van der Waals surface area (Å²) in [5.41, 5.74) is 1.19. The van der Waals surface area contributed by atoms with Crippen LogP contribution in [-0.4, -0.2) is 47.6 Å². The van der Waals surface area contributed by atoms with E-state index in [1.807, 2.05) is 0 Å². The Morgan fingerprint density at radius 2 is 1.97 bits per heavy atom. The van der Waals surface area contributed by atoms with Crippen LogP contribution in [0.15, 0.2) is 36.5 Å². The molecule has 1 amide bonds. The standard InChI is InChI=1S/C22H27ClN4O3.ClH/c1-14(2)27(13-15-7-9-24-10-8-15)19-11-16(22(29)30)3-5-18(19)21(28)26-20-6-4-17(23)12-25-20;/h3-6,11-12,14-15,24H,7-10,13H2,1-2H3,(H,29,30)(H,25,26,28);1H. The molecule has 3 rings (SSSR count). The minimum Gasteiger partial charge on any atom is -0.478 e. The molecule has 168 valence electrons. The van der Waals surface area contributed by atoms with Crippen molar-refractivity contribution in [1.29, 1.82) is 0 Å². The number of carbonyl (C=O) groups excluding carboxylic acids is 1.